The topological polar surface area (TPSA) is 12.0 Å². The second-order valence-corrected chi connectivity index (χ2v) is 5.64. The first kappa shape index (κ1) is 14.3. The van der Waals surface area contributed by atoms with Gasteiger partial charge in [-0.2, -0.15) is 0 Å². The monoisotopic (exact) mass is 257 g/mol. The van der Waals surface area contributed by atoms with E-state index < -0.39 is 0 Å². The lowest BCUT2D eigenvalue weighted by molar-refractivity contribution is 0.398. The number of hydrogen-bond acceptors (Lipinski definition) is 1. The van der Waals surface area contributed by atoms with Crippen molar-refractivity contribution < 1.29 is 0 Å². The molecule has 0 aliphatic heterocycles. The minimum absolute atomic E-state index is 0.797. The largest absolute Gasteiger partial charge is 0.316 e. The van der Waals surface area contributed by atoms with Gasteiger partial charge in [0.25, 0.3) is 0 Å². The zero-order chi connectivity index (χ0) is 13.5. The molecule has 1 fully saturated rings. The van der Waals surface area contributed by atoms with Crippen LogP contribution in [-0.4, -0.2) is 13.6 Å². The molecule has 1 aliphatic rings. The van der Waals surface area contributed by atoms with Crippen LogP contribution >= 0.6 is 0 Å². The summed E-state index contributed by atoms with van der Waals surface area (Å²) in [6.45, 7) is 3.27. The van der Waals surface area contributed by atoms with Crippen LogP contribution in [0, 0.1) is 5.92 Å². The first-order chi connectivity index (χ1) is 9.35. The molecule has 1 aromatic rings. The van der Waals surface area contributed by atoms with E-state index in [0.717, 1.165) is 18.9 Å². The van der Waals surface area contributed by atoms with Crippen LogP contribution in [0.1, 0.15) is 50.2 Å². The summed E-state index contributed by atoms with van der Waals surface area (Å²) in [6.07, 6.45) is 10.6. The molecular formula is C18H27N. The van der Waals surface area contributed by atoms with Crippen molar-refractivity contribution in [2.75, 3.05) is 13.6 Å². The van der Waals surface area contributed by atoms with Gasteiger partial charge in [-0.25, -0.2) is 0 Å². The maximum atomic E-state index is 3.35. The van der Waals surface area contributed by atoms with E-state index in [1.54, 1.807) is 5.57 Å². The molecule has 0 unspecified atom stereocenters. The second-order valence-electron chi connectivity index (χ2n) is 5.64. The molecule has 0 atom stereocenters. The van der Waals surface area contributed by atoms with Gasteiger partial charge in [0.05, 0.1) is 0 Å². The van der Waals surface area contributed by atoms with Crippen LogP contribution in [-0.2, 0) is 6.42 Å². The molecule has 1 heteroatoms. The Balaban J connectivity index is 2.23. The van der Waals surface area contributed by atoms with Crippen LogP contribution < -0.4 is 5.32 Å². The Labute approximate surface area is 118 Å². The fourth-order valence-electron chi connectivity index (χ4n) is 3.19. The third kappa shape index (κ3) is 3.94. The molecule has 1 nitrogen and oxygen atoms in total. The molecule has 1 saturated carbocycles. The highest BCUT2D eigenvalue weighted by molar-refractivity contribution is 5.57. The predicted molar refractivity (Wildman–Crippen MR) is 84.3 cm³/mol. The predicted octanol–water partition coefficient (Wildman–Crippen LogP) is 4.43. The van der Waals surface area contributed by atoms with Gasteiger partial charge in [0.1, 0.15) is 0 Å². The summed E-state index contributed by atoms with van der Waals surface area (Å²) >= 11 is 0. The van der Waals surface area contributed by atoms with Gasteiger partial charge < -0.3 is 5.32 Å². The molecule has 2 rings (SSSR count). The van der Waals surface area contributed by atoms with Crippen molar-refractivity contribution in [2.24, 2.45) is 5.92 Å². The average Bonchev–Trinajstić information content (AvgIpc) is 2.48. The molecule has 1 aliphatic carbocycles. The number of rotatable bonds is 5. The van der Waals surface area contributed by atoms with Gasteiger partial charge in [0.2, 0.25) is 0 Å². The smallest absolute Gasteiger partial charge is 0.0167 e. The molecule has 1 aromatic carbocycles. The van der Waals surface area contributed by atoms with E-state index in [0.29, 0.717) is 0 Å². The summed E-state index contributed by atoms with van der Waals surface area (Å²) in [6, 6.07) is 8.82. The van der Waals surface area contributed by atoms with E-state index in [-0.39, 0.29) is 0 Å². The second kappa shape index (κ2) is 7.49. The Morgan fingerprint density at radius 2 is 1.95 bits per heavy atom. The van der Waals surface area contributed by atoms with Crippen molar-refractivity contribution >= 4 is 6.08 Å². The number of likely N-dealkylation sites (N-methyl/N-ethyl adjacent to an activating group) is 1. The lowest BCUT2D eigenvalue weighted by Gasteiger charge is -2.25. The normalized spacial score (nSPS) is 17.7. The van der Waals surface area contributed by atoms with E-state index in [1.165, 1.54) is 43.2 Å². The number of aryl methyl sites for hydroxylation is 1. The SMILES string of the molecule is CCc1ccccc1C=C(CNC)C1CCCCC1. The standard InChI is InChI=1S/C18H27N/c1-3-15-9-7-8-12-17(15)13-18(14-19-2)16-10-5-4-6-11-16/h7-9,12-13,16,19H,3-6,10-11,14H2,1-2H3. The van der Waals surface area contributed by atoms with E-state index in [9.17, 15) is 0 Å². The van der Waals surface area contributed by atoms with E-state index in [1.807, 2.05) is 0 Å². The highest BCUT2D eigenvalue weighted by Gasteiger charge is 2.17. The summed E-state index contributed by atoms with van der Waals surface area (Å²) < 4.78 is 0. The minimum atomic E-state index is 0.797. The lowest BCUT2D eigenvalue weighted by Crippen LogP contribution is -2.19. The van der Waals surface area contributed by atoms with Crippen molar-refractivity contribution in [3.8, 4) is 0 Å². The Hall–Kier alpha value is -1.08. The third-order valence-electron chi connectivity index (χ3n) is 4.29. The van der Waals surface area contributed by atoms with Gasteiger partial charge >= 0.3 is 0 Å². The summed E-state index contributed by atoms with van der Waals surface area (Å²) in [7, 11) is 2.06. The zero-order valence-corrected chi connectivity index (χ0v) is 12.4. The number of hydrogen-bond donors (Lipinski definition) is 1. The zero-order valence-electron chi connectivity index (χ0n) is 12.4. The number of benzene rings is 1. The third-order valence-corrected chi connectivity index (χ3v) is 4.29. The maximum Gasteiger partial charge on any atom is 0.0167 e. The summed E-state index contributed by atoms with van der Waals surface area (Å²) in [5.74, 6) is 0.797. The highest BCUT2D eigenvalue weighted by atomic mass is 14.8. The Morgan fingerprint density at radius 1 is 1.21 bits per heavy atom. The molecule has 0 bridgehead atoms. The summed E-state index contributed by atoms with van der Waals surface area (Å²) in [4.78, 5) is 0. The maximum absolute atomic E-state index is 3.35. The van der Waals surface area contributed by atoms with E-state index in [4.69, 9.17) is 0 Å². The van der Waals surface area contributed by atoms with Crippen molar-refractivity contribution in [3.05, 3.63) is 41.0 Å². The average molecular weight is 257 g/mol. The fourth-order valence-corrected chi connectivity index (χ4v) is 3.19. The Bertz CT molecular complexity index is 413. The summed E-state index contributed by atoms with van der Waals surface area (Å²) in [5, 5.41) is 3.35. The molecule has 0 aromatic heterocycles. The van der Waals surface area contributed by atoms with Crippen LogP contribution in [0.15, 0.2) is 29.8 Å². The molecule has 0 radical (unpaired) electrons. The van der Waals surface area contributed by atoms with Crippen molar-refractivity contribution in [3.63, 3.8) is 0 Å². The van der Waals surface area contributed by atoms with Gasteiger partial charge in [-0.05, 0) is 43.4 Å². The van der Waals surface area contributed by atoms with Crippen molar-refractivity contribution in [2.45, 2.75) is 45.4 Å². The molecule has 1 N–H and O–H groups in total. The van der Waals surface area contributed by atoms with Gasteiger partial charge in [-0.3, -0.25) is 0 Å². The number of nitrogens with one attached hydrogen (secondary N) is 1. The first-order valence-corrected chi connectivity index (χ1v) is 7.78. The molecule has 0 saturated heterocycles. The molecular weight excluding hydrogens is 230 g/mol. The molecule has 0 heterocycles. The molecule has 104 valence electrons. The summed E-state index contributed by atoms with van der Waals surface area (Å²) in [5.41, 5.74) is 4.48. The van der Waals surface area contributed by atoms with Gasteiger partial charge in [0, 0.05) is 6.54 Å². The van der Waals surface area contributed by atoms with Crippen molar-refractivity contribution in [1.82, 2.24) is 5.32 Å². The van der Waals surface area contributed by atoms with Crippen LogP contribution in [0.2, 0.25) is 0 Å². The van der Waals surface area contributed by atoms with E-state index in [2.05, 4.69) is 49.6 Å². The van der Waals surface area contributed by atoms with Gasteiger partial charge in [-0.15, -0.1) is 0 Å². The van der Waals surface area contributed by atoms with Crippen LogP contribution in [0.4, 0.5) is 0 Å². The van der Waals surface area contributed by atoms with Crippen LogP contribution in [0.3, 0.4) is 0 Å². The first-order valence-electron chi connectivity index (χ1n) is 7.78. The quantitative estimate of drug-likeness (QED) is 0.822. The molecule has 19 heavy (non-hydrogen) atoms. The van der Waals surface area contributed by atoms with Crippen LogP contribution in [0.5, 0.6) is 0 Å². The van der Waals surface area contributed by atoms with Gasteiger partial charge in [0.15, 0.2) is 0 Å². The highest BCUT2D eigenvalue weighted by Crippen LogP contribution is 2.31. The lowest BCUT2D eigenvalue weighted by atomic mass is 9.82. The Morgan fingerprint density at radius 3 is 2.63 bits per heavy atom. The fraction of sp³-hybridized carbons (Fsp3) is 0.556. The Kier molecular flexibility index (Phi) is 5.65. The molecule has 0 spiro atoms. The van der Waals surface area contributed by atoms with E-state index >= 15 is 0 Å². The molecule has 0 amide bonds. The van der Waals surface area contributed by atoms with Crippen LogP contribution in [0.25, 0.3) is 6.08 Å². The minimum Gasteiger partial charge on any atom is -0.316 e. The van der Waals surface area contributed by atoms with Gasteiger partial charge in [-0.1, -0.05) is 62.1 Å². The van der Waals surface area contributed by atoms with Crippen molar-refractivity contribution in [1.29, 1.82) is 0 Å².